The monoisotopic (exact) mass is 244 g/mol. The number of aliphatic hydroxyl groups is 1. The van der Waals surface area contributed by atoms with Gasteiger partial charge in [0.15, 0.2) is 0 Å². The average Bonchev–Trinajstić information content (AvgIpc) is 2.19. The van der Waals surface area contributed by atoms with Crippen LogP contribution in [0.1, 0.15) is 17.8 Å². The summed E-state index contributed by atoms with van der Waals surface area (Å²) >= 11 is 0. The highest BCUT2D eigenvalue weighted by molar-refractivity contribution is 7.92. The van der Waals surface area contributed by atoms with Gasteiger partial charge in [0.1, 0.15) is 0 Å². The Morgan fingerprint density at radius 2 is 2.06 bits per heavy atom. The number of anilines is 1. The fourth-order valence-electron chi connectivity index (χ4n) is 1.27. The molecule has 1 rings (SSSR count). The van der Waals surface area contributed by atoms with Crippen molar-refractivity contribution in [2.24, 2.45) is 0 Å². The largest absolute Gasteiger partial charge is 0.396 e. The van der Waals surface area contributed by atoms with Crippen LogP contribution < -0.4 is 4.72 Å². The van der Waals surface area contributed by atoms with E-state index in [4.69, 9.17) is 5.11 Å². The smallest absolute Gasteiger partial charge is 0.232 e. The maximum absolute atomic E-state index is 11.5. The van der Waals surface area contributed by atoms with Crippen LogP contribution in [0.15, 0.2) is 12.1 Å². The van der Waals surface area contributed by atoms with Gasteiger partial charge in [-0.2, -0.15) is 0 Å². The van der Waals surface area contributed by atoms with Crippen LogP contribution in [-0.2, 0) is 10.0 Å². The van der Waals surface area contributed by atoms with Crippen molar-refractivity contribution in [1.29, 1.82) is 0 Å². The number of hydrogen-bond acceptors (Lipinski definition) is 4. The van der Waals surface area contributed by atoms with E-state index in [0.717, 1.165) is 5.69 Å². The molecule has 0 aliphatic carbocycles. The van der Waals surface area contributed by atoms with Crippen LogP contribution in [0, 0.1) is 13.8 Å². The van der Waals surface area contributed by atoms with Crippen molar-refractivity contribution in [3.63, 3.8) is 0 Å². The molecule has 0 unspecified atom stereocenters. The molecule has 0 aliphatic rings. The standard InChI is InChI=1S/C10H16N2O3S/c1-8-4-5-10(9(2)11-8)12-16(14,15)7-3-6-13/h4-5,12-13H,3,6-7H2,1-2H3. The number of hydrogen-bond donors (Lipinski definition) is 2. The van der Waals surface area contributed by atoms with E-state index in [1.165, 1.54) is 0 Å². The van der Waals surface area contributed by atoms with Gasteiger partial charge in [0.05, 0.1) is 17.1 Å². The van der Waals surface area contributed by atoms with Crippen molar-refractivity contribution in [2.45, 2.75) is 20.3 Å². The number of nitrogens with zero attached hydrogens (tertiary/aromatic N) is 1. The lowest BCUT2D eigenvalue weighted by Gasteiger charge is -2.09. The Labute approximate surface area is 95.6 Å². The molecule has 0 bridgehead atoms. The van der Waals surface area contributed by atoms with E-state index in [9.17, 15) is 8.42 Å². The molecule has 0 fully saturated rings. The van der Waals surface area contributed by atoms with Gasteiger partial charge in [-0.25, -0.2) is 8.42 Å². The molecule has 1 aromatic rings. The third-order valence-corrected chi connectivity index (χ3v) is 3.42. The Morgan fingerprint density at radius 3 is 2.62 bits per heavy atom. The van der Waals surface area contributed by atoms with Gasteiger partial charge < -0.3 is 5.11 Å². The number of pyridine rings is 1. The number of aromatic nitrogens is 1. The maximum atomic E-state index is 11.5. The number of aryl methyl sites for hydroxylation is 2. The first-order chi connectivity index (χ1) is 7.44. The van der Waals surface area contributed by atoms with Crippen LogP contribution in [0.3, 0.4) is 0 Å². The number of aliphatic hydroxyl groups excluding tert-OH is 1. The lowest BCUT2D eigenvalue weighted by atomic mass is 10.3. The van der Waals surface area contributed by atoms with Crippen LogP contribution in [0.5, 0.6) is 0 Å². The van der Waals surface area contributed by atoms with Gasteiger partial charge in [-0.3, -0.25) is 9.71 Å². The van der Waals surface area contributed by atoms with E-state index in [1.54, 1.807) is 19.1 Å². The Hall–Kier alpha value is -1.14. The van der Waals surface area contributed by atoms with Crippen molar-refractivity contribution in [3.05, 3.63) is 23.5 Å². The van der Waals surface area contributed by atoms with Crippen LogP contribution in [0.4, 0.5) is 5.69 Å². The first kappa shape index (κ1) is 12.9. The number of sulfonamides is 1. The molecular weight excluding hydrogens is 228 g/mol. The Morgan fingerprint density at radius 1 is 1.38 bits per heavy atom. The van der Waals surface area contributed by atoms with Gasteiger partial charge in [0.25, 0.3) is 0 Å². The fraction of sp³-hybridized carbons (Fsp3) is 0.500. The first-order valence-corrected chi connectivity index (χ1v) is 6.65. The predicted octanol–water partition coefficient (Wildman–Crippen LogP) is 0.823. The molecule has 1 aromatic heterocycles. The molecule has 0 aromatic carbocycles. The van der Waals surface area contributed by atoms with E-state index in [-0.39, 0.29) is 18.8 Å². The summed E-state index contributed by atoms with van der Waals surface area (Å²) in [4.78, 5) is 4.16. The van der Waals surface area contributed by atoms with Gasteiger partial charge in [-0.1, -0.05) is 0 Å². The van der Waals surface area contributed by atoms with Crippen LogP contribution in [0.25, 0.3) is 0 Å². The lowest BCUT2D eigenvalue weighted by Crippen LogP contribution is -2.18. The molecule has 0 saturated carbocycles. The fourth-order valence-corrected chi connectivity index (χ4v) is 2.43. The second kappa shape index (κ2) is 5.27. The van der Waals surface area contributed by atoms with Gasteiger partial charge in [0.2, 0.25) is 10.0 Å². The highest BCUT2D eigenvalue weighted by Crippen LogP contribution is 2.14. The molecular formula is C10H16N2O3S. The molecule has 16 heavy (non-hydrogen) atoms. The van der Waals surface area contributed by atoms with Crippen molar-refractivity contribution in [2.75, 3.05) is 17.1 Å². The molecule has 0 amide bonds. The number of nitrogens with one attached hydrogen (secondary N) is 1. The van der Waals surface area contributed by atoms with Crippen molar-refractivity contribution >= 4 is 15.7 Å². The quantitative estimate of drug-likeness (QED) is 0.803. The van der Waals surface area contributed by atoms with Crippen molar-refractivity contribution in [3.8, 4) is 0 Å². The zero-order chi connectivity index (χ0) is 12.2. The first-order valence-electron chi connectivity index (χ1n) is 5.00. The van der Waals surface area contributed by atoms with Crippen LogP contribution in [0.2, 0.25) is 0 Å². The van der Waals surface area contributed by atoms with Crippen molar-refractivity contribution in [1.82, 2.24) is 4.98 Å². The molecule has 0 spiro atoms. The zero-order valence-electron chi connectivity index (χ0n) is 9.40. The van der Waals surface area contributed by atoms with Crippen molar-refractivity contribution < 1.29 is 13.5 Å². The van der Waals surface area contributed by atoms with E-state index >= 15 is 0 Å². The van der Waals surface area contributed by atoms with Crippen LogP contribution in [-0.4, -0.2) is 30.9 Å². The minimum Gasteiger partial charge on any atom is -0.396 e. The van der Waals surface area contributed by atoms with E-state index in [0.29, 0.717) is 11.4 Å². The summed E-state index contributed by atoms with van der Waals surface area (Å²) in [7, 11) is -3.38. The Balaban J connectivity index is 2.80. The average molecular weight is 244 g/mol. The number of rotatable bonds is 5. The molecule has 5 nitrogen and oxygen atoms in total. The van der Waals surface area contributed by atoms with Gasteiger partial charge in [-0.05, 0) is 32.4 Å². The van der Waals surface area contributed by atoms with Gasteiger partial charge in [-0.15, -0.1) is 0 Å². The summed E-state index contributed by atoms with van der Waals surface area (Å²) < 4.78 is 25.5. The molecule has 90 valence electrons. The highest BCUT2D eigenvalue weighted by Gasteiger charge is 2.11. The second-order valence-corrected chi connectivity index (χ2v) is 5.43. The Bertz CT molecular complexity index is 457. The molecule has 0 aliphatic heterocycles. The third kappa shape index (κ3) is 3.79. The minimum atomic E-state index is -3.38. The summed E-state index contributed by atoms with van der Waals surface area (Å²) in [5.41, 5.74) is 1.98. The molecule has 1 heterocycles. The van der Waals surface area contributed by atoms with Gasteiger partial charge in [0, 0.05) is 12.3 Å². The van der Waals surface area contributed by atoms with E-state index in [1.807, 2.05) is 6.92 Å². The SMILES string of the molecule is Cc1ccc(NS(=O)(=O)CCCO)c(C)n1. The van der Waals surface area contributed by atoms with E-state index in [2.05, 4.69) is 9.71 Å². The Kier molecular flexibility index (Phi) is 4.26. The maximum Gasteiger partial charge on any atom is 0.232 e. The third-order valence-electron chi connectivity index (χ3n) is 2.06. The summed E-state index contributed by atoms with van der Waals surface area (Å²) in [6.45, 7) is 3.46. The van der Waals surface area contributed by atoms with E-state index < -0.39 is 10.0 Å². The molecule has 0 radical (unpaired) electrons. The lowest BCUT2D eigenvalue weighted by molar-refractivity contribution is 0.295. The summed E-state index contributed by atoms with van der Waals surface area (Å²) in [6.07, 6.45) is 0.230. The van der Waals surface area contributed by atoms with Gasteiger partial charge >= 0.3 is 0 Å². The summed E-state index contributed by atoms with van der Waals surface area (Å²) in [6, 6.07) is 3.44. The molecule has 0 saturated heterocycles. The minimum absolute atomic E-state index is 0.0865. The normalized spacial score (nSPS) is 11.4. The second-order valence-electron chi connectivity index (χ2n) is 3.58. The summed E-state index contributed by atoms with van der Waals surface area (Å²) in [5.74, 6) is -0.0865. The summed E-state index contributed by atoms with van der Waals surface area (Å²) in [5, 5.41) is 8.58. The highest BCUT2D eigenvalue weighted by atomic mass is 32.2. The predicted molar refractivity (Wildman–Crippen MR) is 62.8 cm³/mol. The zero-order valence-corrected chi connectivity index (χ0v) is 10.2. The molecule has 0 atom stereocenters. The molecule has 6 heteroatoms. The van der Waals surface area contributed by atoms with Crippen LogP contribution >= 0.6 is 0 Å². The topological polar surface area (TPSA) is 79.3 Å². The molecule has 2 N–H and O–H groups in total.